The monoisotopic (exact) mass is 238 g/mol. The molecule has 0 aromatic heterocycles. The molecule has 17 heavy (non-hydrogen) atoms. The van der Waals surface area contributed by atoms with Gasteiger partial charge in [-0.25, -0.2) is 0 Å². The molecule has 1 rings (SSSR count). The van der Waals surface area contributed by atoms with Crippen LogP contribution in [-0.4, -0.2) is 18.0 Å². The highest BCUT2D eigenvalue weighted by molar-refractivity contribution is 4.93. The maximum Gasteiger partial charge on any atom is 0.163 e. The zero-order valence-electron chi connectivity index (χ0n) is 11.5. The Balaban J connectivity index is 2.28. The van der Waals surface area contributed by atoms with Crippen LogP contribution >= 0.6 is 0 Å². The molecule has 0 unspecified atom stereocenters. The zero-order chi connectivity index (χ0) is 12.7. The molecule has 0 amide bonds. The molecule has 1 aliphatic heterocycles. The second-order valence-electron chi connectivity index (χ2n) is 5.32. The summed E-state index contributed by atoms with van der Waals surface area (Å²) in [6.07, 6.45) is 13.8. The summed E-state index contributed by atoms with van der Waals surface area (Å²) in [4.78, 5) is 0. The van der Waals surface area contributed by atoms with Gasteiger partial charge in [0, 0.05) is 6.42 Å². The Morgan fingerprint density at radius 3 is 2.35 bits per heavy atom. The molecule has 0 aromatic rings. The average Bonchev–Trinajstić information content (AvgIpc) is 2.54. The van der Waals surface area contributed by atoms with Gasteiger partial charge in [0.1, 0.15) is 0 Å². The lowest BCUT2D eigenvalue weighted by molar-refractivity contribution is -0.146. The SMILES string of the molecule is C#CC[C@@H]1OC(C)(C)O[C@H]1CCCCCCC. The van der Waals surface area contributed by atoms with Crippen LogP contribution in [0.3, 0.4) is 0 Å². The van der Waals surface area contributed by atoms with Crippen LogP contribution in [0.5, 0.6) is 0 Å². The third-order valence-corrected chi connectivity index (χ3v) is 3.20. The Morgan fingerprint density at radius 1 is 1.06 bits per heavy atom. The van der Waals surface area contributed by atoms with Gasteiger partial charge >= 0.3 is 0 Å². The predicted molar refractivity (Wildman–Crippen MR) is 70.7 cm³/mol. The van der Waals surface area contributed by atoms with E-state index in [-0.39, 0.29) is 12.2 Å². The van der Waals surface area contributed by atoms with Crippen molar-refractivity contribution in [2.24, 2.45) is 0 Å². The first kappa shape index (κ1) is 14.5. The van der Waals surface area contributed by atoms with Crippen LogP contribution < -0.4 is 0 Å². The Bertz CT molecular complexity index is 252. The highest BCUT2D eigenvalue weighted by Gasteiger charge is 2.40. The van der Waals surface area contributed by atoms with Crippen LogP contribution in [0.1, 0.15) is 65.7 Å². The van der Waals surface area contributed by atoms with Crippen LogP contribution in [0, 0.1) is 12.3 Å². The molecule has 0 N–H and O–H groups in total. The van der Waals surface area contributed by atoms with Gasteiger partial charge in [-0.15, -0.1) is 12.3 Å². The topological polar surface area (TPSA) is 18.5 Å². The van der Waals surface area contributed by atoms with Gasteiger partial charge < -0.3 is 9.47 Å². The molecule has 98 valence electrons. The van der Waals surface area contributed by atoms with Crippen molar-refractivity contribution in [3.8, 4) is 12.3 Å². The van der Waals surface area contributed by atoms with E-state index >= 15 is 0 Å². The molecule has 0 radical (unpaired) electrons. The minimum Gasteiger partial charge on any atom is -0.345 e. The maximum atomic E-state index is 5.90. The van der Waals surface area contributed by atoms with Crippen LogP contribution in [0.2, 0.25) is 0 Å². The molecule has 0 spiro atoms. The summed E-state index contributed by atoms with van der Waals surface area (Å²) >= 11 is 0. The first-order chi connectivity index (χ1) is 8.09. The van der Waals surface area contributed by atoms with E-state index in [4.69, 9.17) is 15.9 Å². The van der Waals surface area contributed by atoms with E-state index in [1.807, 2.05) is 13.8 Å². The summed E-state index contributed by atoms with van der Waals surface area (Å²) in [6.45, 7) is 6.17. The Morgan fingerprint density at radius 2 is 1.71 bits per heavy atom. The van der Waals surface area contributed by atoms with E-state index < -0.39 is 5.79 Å². The summed E-state index contributed by atoms with van der Waals surface area (Å²) < 4.78 is 11.7. The first-order valence-corrected chi connectivity index (χ1v) is 6.88. The highest BCUT2D eigenvalue weighted by atomic mass is 16.7. The molecule has 1 heterocycles. The molecular weight excluding hydrogens is 212 g/mol. The van der Waals surface area contributed by atoms with E-state index in [1.165, 1.54) is 32.1 Å². The third-order valence-electron chi connectivity index (χ3n) is 3.20. The van der Waals surface area contributed by atoms with Crippen LogP contribution in [0.25, 0.3) is 0 Å². The molecule has 1 aliphatic rings. The van der Waals surface area contributed by atoms with Crippen molar-refractivity contribution in [2.75, 3.05) is 0 Å². The van der Waals surface area contributed by atoms with E-state index in [0.717, 1.165) is 6.42 Å². The standard InChI is InChI=1S/C15H26O2/c1-5-7-8-9-10-12-14-13(11-6-2)16-15(3,4)17-14/h2,13-14H,5,7-12H2,1,3-4H3/t13-,14-/m0/s1. The molecule has 1 saturated heterocycles. The van der Waals surface area contributed by atoms with E-state index in [9.17, 15) is 0 Å². The Kier molecular flexibility index (Phi) is 6.02. The average molecular weight is 238 g/mol. The summed E-state index contributed by atoms with van der Waals surface area (Å²) in [6, 6.07) is 0. The van der Waals surface area contributed by atoms with Gasteiger partial charge in [0.25, 0.3) is 0 Å². The fourth-order valence-corrected chi connectivity index (χ4v) is 2.39. The molecule has 0 aliphatic carbocycles. The largest absolute Gasteiger partial charge is 0.345 e. The molecule has 2 atom stereocenters. The third kappa shape index (κ3) is 5.10. The number of hydrogen-bond acceptors (Lipinski definition) is 2. The lowest BCUT2D eigenvalue weighted by atomic mass is 10.0. The number of unbranched alkanes of at least 4 members (excludes halogenated alkanes) is 4. The van der Waals surface area contributed by atoms with Gasteiger partial charge in [0.15, 0.2) is 5.79 Å². The second-order valence-corrected chi connectivity index (χ2v) is 5.32. The minimum absolute atomic E-state index is 0.0844. The number of hydrogen-bond donors (Lipinski definition) is 0. The number of ether oxygens (including phenoxy) is 2. The lowest BCUT2D eigenvalue weighted by Crippen LogP contribution is -2.21. The molecule has 2 nitrogen and oxygen atoms in total. The van der Waals surface area contributed by atoms with E-state index in [0.29, 0.717) is 6.42 Å². The smallest absolute Gasteiger partial charge is 0.163 e. The zero-order valence-corrected chi connectivity index (χ0v) is 11.5. The van der Waals surface area contributed by atoms with Crippen molar-refractivity contribution in [2.45, 2.75) is 83.7 Å². The number of terminal acetylenes is 1. The molecule has 0 bridgehead atoms. The molecule has 0 saturated carbocycles. The van der Waals surface area contributed by atoms with Gasteiger partial charge in [-0.2, -0.15) is 0 Å². The Labute approximate surface area is 106 Å². The summed E-state index contributed by atoms with van der Waals surface area (Å²) in [5, 5.41) is 0. The van der Waals surface area contributed by atoms with Crippen LogP contribution in [-0.2, 0) is 9.47 Å². The van der Waals surface area contributed by atoms with E-state index in [1.54, 1.807) is 0 Å². The quantitative estimate of drug-likeness (QED) is 0.495. The van der Waals surface area contributed by atoms with Crippen molar-refractivity contribution in [3.05, 3.63) is 0 Å². The second kappa shape index (κ2) is 7.03. The van der Waals surface area contributed by atoms with Crippen LogP contribution in [0.4, 0.5) is 0 Å². The van der Waals surface area contributed by atoms with Gasteiger partial charge in [-0.1, -0.05) is 39.0 Å². The van der Waals surface area contributed by atoms with Crippen LogP contribution in [0.15, 0.2) is 0 Å². The minimum atomic E-state index is -0.463. The normalized spacial score (nSPS) is 26.9. The number of rotatable bonds is 7. The first-order valence-electron chi connectivity index (χ1n) is 6.88. The van der Waals surface area contributed by atoms with Gasteiger partial charge in [0.2, 0.25) is 0 Å². The maximum absolute atomic E-state index is 5.90. The Hall–Kier alpha value is -0.520. The molecule has 1 fully saturated rings. The van der Waals surface area contributed by atoms with Gasteiger partial charge in [0.05, 0.1) is 12.2 Å². The van der Waals surface area contributed by atoms with Crippen molar-refractivity contribution >= 4 is 0 Å². The summed E-state index contributed by atoms with van der Waals surface area (Å²) in [7, 11) is 0. The van der Waals surface area contributed by atoms with Crippen molar-refractivity contribution < 1.29 is 9.47 Å². The van der Waals surface area contributed by atoms with Gasteiger partial charge in [-0.05, 0) is 20.3 Å². The lowest BCUT2D eigenvalue weighted by Gasteiger charge is -2.16. The van der Waals surface area contributed by atoms with E-state index in [2.05, 4.69) is 12.8 Å². The van der Waals surface area contributed by atoms with Crippen molar-refractivity contribution in [3.63, 3.8) is 0 Å². The molecular formula is C15H26O2. The summed E-state index contributed by atoms with van der Waals surface area (Å²) in [5.74, 6) is 2.22. The highest BCUT2D eigenvalue weighted by Crippen LogP contribution is 2.32. The fourth-order valence-electron chi connectivity index (χ4n) is 2.39. The fraction of sp³-hybridized carbons (Fsp3) is 0.867. The molecule has 2 heteroatoms. The molecule has 0 aromatic carbocycles. The van der Waals surface area contributed by atoms with Gasteiger partial charge in [-0.3, -0.25) is 0 Å². The predicted octanol–water partition coefficient (Wildman–Crippen LogP) is 3.89. The van der Waals surface area contributed by atoms with Crippen molar-refractivity contribution in [1.82, 2.24) is 0 Å². The summed E-state index contributed by atoms with van der Waals surface area (Å²) in [5.41, 5.74) is 0. The van der Waals surface area contributed by atoms with Crippen molar-refractivity contribution in [1.29, 1.82) is 0 Å².